The monoisotopic (exact) mass is 425 g/mol. The molecule has 2 aromatic carbocycles. The number of benzene rings is 2. The number of para-hydroxylation sites is 1. The molecule has 1 aliphatic carbocycles. The van der Waals surface area contributed by atoms with Crippen LogP contribution >= 0.6 is 23.2 Å². The van der Waals surface area contributed by atoms with Gasteiger partial charge in [0.1, 0.15) is 11.6 Å². The molecule has 0 saturated heterocycles. The Morgan fingerprint density at radius 2 is 1.76 bits per heavy atom. The van der Waals surface area contributed by atoms with E-state index in [0.717, 1.165) is 5.70 Å². The Balaban J connectivity index is 1.79. The molecule has 5 nitrogen and oxygen atoms in total. The number of H-pyrrole nitrogens is 1. The van der Waals surface area contributed by atoms with Gasteiger partial charge in [-0.2, -0.15) is 0 Å². The zero-order valence-corrected chi connectivity index (χ0v) is 16.8. The lowest BCUT2D eigenvalue weighted by molar-refractivity contribution is -0.122. The highest BCUT2D eigenvalue weighted by molar-refractivity contribution is 6.42. The number of aromatic nitrogens is 2. The molecular formula is C22H17Cl2N3O2. The number of Topliss-reactive ketones (excluding diaryl/α,β-unsaturated/α-hetero) is 1. The zero-order valence-electron chi connectivity index (χ0n) is 15.3. The van der Waals surface area contributed by atoms with Crippen LogP contribution in [0.5, 0.6) is 0 Å². The van der Waals surface area contributed by atoms with Gasteiger partial charge in [-0.25, -0.2) is 4.68 Å². The number of aromatic amines is 1. The molecule has 3 aromatic rings. The van der Waals surface area contributed by atoms with Gasteiger partial charge in [-0.1, -0.05) is 59.6 Å². The summed E-state index contributed by atoms with van der Waals surface area (Å²) in [5.41, 5.74) is 2.49. The van der Waals surface area contributed by atoms with E-state index in [0.29, 0.717) is 45.5 Å². The quantitative estimate of drug-likeness (QED) is 0.613. The van der Waals surface area contributed by atoms with E-state index in [4.69, 9.17) is 23.2 Å². The first kappa shape index (κ1) is 18.3. The molecule has 2 aliphatic rings. The topological polar surface area (TPSA) is 66.9 Å². The van der Waals surface area contributed by atoms with E-state index in [1.54, 1.807) is 12.1 Å². The van der Waals surface area contributed by atoms with Gasteiger partial charge in [0.05, 0.1) is 27.2 Å². The van der Waals surface area contributed by atoms with E-state index in [2.05, 4.69) is 10.4 Å². The molecule has 0 unspecified atom stereocenters. The van der Waals surface area contributed by atoms with Gasteiger partial charge in [-0.15, -0.1) is 0 Å². The molecule has 146 valence electrons. The first-order valence-corrected chi connectivity index (χ1v) is 10.2. The van der Waals surface area contributed by atoms with Crippen molar-refractivity contribution in [3.05, 3.63) is 91.8 Å². The van der Waals surface area contributed by atoms with Crippen molar-refractivity contribution in [1.29, 1.82) is 0 Å². The summed E-state index contributed by atoms with van der Waals surface area (Å²) in [6.07, 6.45) is 3.14. The van der Waals surface area contributed by atoms with Gasteiger partial charge >= 0.3 is 0 Å². The van der Waals surface area contributed by atoms with Crippen molar-refractivity contribution in [3.63, 3.8) is 0 Å². The van der Waals surface area contributed by atoms with Crippen LogP contribution in [0.15, 0.2) is 65.1 Å². The van der Waals surface area contributed by atoms with Crippen molar-refractivity contribution in [3.8, 4) is 5.69 Å². The van der Waals surface area contributed by atoms with Crippen molar-refractivity contribution < 1.29 is 4.79 Å². The highest BCUT2D eigenvalue weighted by atomic mass is 35.5. The smallest absolute Gasteiger partial charge is 0.277 e. The van der Waals surface area contributed by atoms with Crippen LogP contribution in [0.2, 0.25) is 10.0 Å². The Morgan fingerprint density at radius 1 is 0.966 bits per heavy atom. The normalized spacial score (nSPS) is 20.5. The standard InChI is InChI=1S/C22H17Cl2N3O2/c23-14-9-4-8-13(20(14)24)17-18-15(10-5-11-16(18)28)25-21-19(17)22(29)27(26-21)12-6-2-1-3-7-12/h1-4,6-10,17-18,25-26H,5,11H2/t17-,18-/m1/s1. The van der Waals surface area contributed by atoms with Crippen molar-refractivity contribution >= 4 is 34.8 Å². The number of fused-ring (bicyclic) bond motifs is 2. The number of anilines is 1. The number of halogens is 2. The molecule has 2 N–H and O–H groups in total. The number of carbonyl (C=O) groups is 1. The maximum atomic E-state index is 13.5. The SMILES string of the molecule is O=C1CCC=C2Nc3[nH]n(-c4ccccc4)c(=O)c3[C@H](c3cccc(Cl)c3Cl)[C@@H]12. The molecule has 2 heterocycles. The molecule has 0 fully saturated rings. The summed E-state index contributed by atoms with van der Waals surface area (Å²) < 4.78 is 1.49. The summed E-state index contributed by atoms with van der Waals surface area (Å²) in [6, 6.07) is 14.7. The third kappa shape index (κ3) is 2.84. The number of hydrogen-bond acceptors (Lipinski definition) is 3. The van der Waals surface area contributed by atoms with E-state index < -0.39 is 11.8 Å². The second-order valence-electron chi connectivity index (χ2n) is 7.26. The third-order valence-electron chi connectivity index (χ3n) is 5.61. The van der Waals surface area contributed by atoms with Crippen molar-refractivity contribution in [2.75, 3.05) is 5.32 Å². The number of rotatable bonds is 2. The van der Waals surface area contributed by atoms with Crippen molar-refractivity contribution in [2.45, 2.75) is 18.8 Å². The minimum atomic E-state index is -0.509. The average Bonchev–Trinajstić information content (AvgIpc) is 3.06. The maximum Gasteiger partial charge on any atom is 0.277 e. The number of ketones is 1. The molecule has 7 heteroatoms. The number of nitrogens with zero attached hydrogens (tertiary/aromatic N) is 1. The van der Waals surface area contributed by atoms with Gasteiger partial charge in [0.25, 0.3) is 5.56 Å². The molecule has 0 spiro atoms. The molecule has 0 radical (unpaired) electrons. The summed E-state index contributed by atoms with van der Waals surface area (Å²) in [7, 11) is 0. The van der Waals surface area contributed by atoms with E-state index in [-0.39, 0.29) is 11.3 Å². The van der Waals surface area contributed by atoms with Crippen LogP contribution < -0.4 is 10.9 Å². The van der Waals surface area contributed by atoms with Gasteiger partial charge < -0.3 is 5.32 Å². The van der Waals surface area contributed by atoms with E-state index >= 15 is 0 Å². The summed E-state index contributed by atoms with van der Waals surface area (Å²) in [5, 5.41) is 7.22. The predicted molar refractivity (Wildman–Crippen MR) is 114 cm³/mol. The average molecular weight is 426 g/mol. The Bertz CT molecular complexity index is 1210. The van der Waals surface area contributed by atoms with Gasteiger partial charge in [-0.3, -0.25) is 14.7 Å². The van der Waals surface area contributed by atoms with Gasteiger partial charge in [-0.05, 0) is 30.2 Å². The van der Waals surface area contributed by atoms with Gasteiger partial charge in [0.2, 0.25) is 0 Å². The van der Waals surface area contributed by atoms with Crippen molar-refractivity contribution in [1.82, 2.24) is 9.78 Å². The van der Waals surface area contributed by atoms with E-state index in [1.807, 2.05) is 42.5 Å². The number of hydrogen-bond donors (Lipinski definition) is 2. The number of allylic oxidation sites excluding steroid dienone is 2. The van der Waals surface area contributed by atoms with Crippen LogP contribution in [-0.2, 0) is 4.79 Å². The molecule has 0 amide bonds. The van der Waals surface area contributed by atoms with Crippen LogP contribution in [0, 0.1) is 5.92 Å². The lowest BCUT2D eigenvalue weighted by Gasteiger charge is -2.35. The second kappa shape index (κ2) is 6.94. The lowest BCUT2D eigenvalue weighted by Crippen LogP contribution is -2.36. The fourth-order valence-corrected chi connectivity index (χ4v) is 4.75. The lowest BCUT2D eigenvalue weighted by atomic mass is 9.72. The molecule has 1 aromatic heterocycles. The fraction of sp³-hybridized carbons (Fsp3) is 0.182. The molecule has 1 aliphatic heterocycles. The second-order valence-corrected chi connectivity index (χ2v) is 8.05. The molecule has 5 rings (SSSR count). The predicted octanol–water partition coefficient (Wildman–Crippen LogP) is 4.89. The number of nitrogens with one attached hydrogen (secondary N) is 2. The maximum absolute atomic E-state index is 13.5. The summed E-state index contributed by atoms with van der Waals surface area (Å²) >= 11 is 12.8. The Labute approximate surface area is 176 Å². The fourth-order valence-electron chi connectivity index (χ4n) is 4.32. The minimum Gasteiger partial charge on any atom is -0.343 e. The number of carbonyl (C=O) groups excluding carboxylic acids is 1. The molecule has 29 heavy (non-hydrogen) atoms. The van der Waals surface area contributed by atoms with Crippen LogP contribution in [0.1, 0.15) is 29.9 Å². The summed E-state index contributed by atoms with van der Waals surface area (Å²) in [4.78, 5) is 26.4. The van der Waals surface area contributed by atoms with Crippen LogP contribution in [0.3, 0.4) is 0 Å². The molecule has 2 atom stereocenters. The van der Waals surface area contributed by atoms with Gasteiger partial charge in [0.15, 0.2) is 0 Å². The molecule has 0 bridgehead atoms. The Hall–Kier alpha value is -2.76. The third-order valence-corrected chi connectivity index (χ3v) is 6.44. The Kier molecular flexibility index (Phi) is 4.37. The summed E-state index contributed by atoms with van der Waals surface area (Å²) in [5.74, 6) is -0.323. The first-order valence-electron chi connectivity index (χ1n) is 9.40. The largest absolute Gasteiger partial charge is 0.343 e. The Morgan fingerprint density at radius 3 is 2.55 bits per heavy atom. The van der Waals surface area contributed by atoms with E-state index in [1.165, 1.54) is 4.68 Å². The highest BCUT2D eigenvalue weighted by Gasteiger charge is 2.43. The summed E-state index contributed by atoms with van der Waals surface area (Å²) in [6.45, 7) is 0. The highest BCUT2D eigenvalue weighted by Crippen LogP contribution is 2.47. The molecule has 0 saturated carbocycles. The van der Waals surface area contributed by atoms with Crippen LogP contribution in [-0.4, -0.2) is 15.6 Å². The van der Waals surface area contributed by atoms with Crippen molar-refractivity contribution in [2.24, 2.45) is 5.92 Å². The van der Waals surface area contributed by atoms with Crippen LogP contribution in [0.25, 0.3) is 5.69 Å². The van der Waals surface area contributed by atoms with Gasteiger partial charge in [0, 0.05) is 18.0 Å². The van der Waals surface area contributed by atoms with E-state index in [9.17, 15) is 9.59 Å². The minimum absolute atomic E-state index is 0.0913. The van der Waals surface area contributed by atoms with Crippen LogP contribution in [0.4, 0.5) is 5.82 Å². The first-order chi connectivity index (χ1) is 14.1. The molecular weight excluding hydrogens is 409 g/mol. The zero-order chi connectivity index (χ0) is 20.1.